The molecular weight excluding hydrogens is 375 g/mol. The Morgan fingerprint density at radius 1 is 0.964 bits per heavy atom. The molecule has 4 nitrogen and oxygen atoms in total. The average Bonchev–Trinajstić information content (AvgIpc) is 2.96. The van der Waals surface area contributed by atoms with Gasteiger partial charge in [-0.05, 0) is 67.2 Å². The van der Waals surface area contributed by atoms with Crippen molar-refractivity contribution < 1.29 is 14.0 Å². The molecule has 1 saturated heterocycles. The second-order valence-electron chi connectivity index (χ2n) is 7.65. The molecule has 6 heteroatoms. The van der Waals surface area contributed by atoms with Gasteiger partial charge in [0.2, 0.25) is 0 Å². The van der Waals surface area contributed by atoms with Gasteiger partial charge in [-0.2, -0.15) is 0 Å². The molecule has 1 aliphatic heterocycles. The molecule has 28 heavy (non-hydrogen) atoms. The van der Waals surface area contributed by atoms with E-state index in [4.69, 9.17) is 0 Å². The van der Waals surface area contributed by atoms with Gasteiger partial charge in [0.1, 0.15) is 5.82 Å². The number of carbonyl (C=O) groups is 2. The molecule has 0 N–H and O–H groups in total. The Labute approximate surface area is 169 Å². The van der Waals surface area contributed by atoms with Crippen LogP contribution in [0.5, 0.6) is 0 Å². The largest absolute Gasteiger partial charge is 0.337 e. The van der Waals surface area contributed by atoms with Gasteiger partial charge in [-0.1, -0.05) is 12.1 Å². The van der Waals surface area contributed by atoms with Crippen molar-refractivity contribution in [2.45, 2.75) is 39.0 Å². The Morgan fingerprint density at radius 2 is 1.68 bits per heavy atom. The summed E-state index contributed by atoms with van der Waals surface area (Å²) in [5, 5.41) is 2.14. The highest BCUT2D eigenvalue weighted by Gasteiger charge is 2.28. The van der Waals surface area contributed by atoms with Crippen molar-refractivity contribution in [3.05, 3.63) is 56.5 Å². The Bertz CT molecular complexity index is 888. The van der Waals surface area contributed by atoms with Gasteiger partial charge in [0, 0.05) is 26.2 Å². The predicted molar refractivity (Wildman–Crippen MR) is 109 cm³/mol. The molecule has 0 unspecified atom stereocenters. The highest BCUT2D eigenvalue weighted by atomic mass is 32.1. The summed E-state index contributed by atoms with van der Waals surface area (Å²) < 4.78 is 14.2. The maximum absolute atomic E-state index is 14.2. The summed E-state index contributed by atoms with van der Waals surface area (Å²) in [6.45, 7) is 3.85. The molecule has 0 spiro atoms. The first kappa shape index (κ1) is 19.1. The van der Waals surface area contributed by atoms with Gasteiger partial charge in [0.05, 0.1) is 10.4 Å². The highest BCUT2D eigenvalue weighted by Crippen LogP contribution is 2.31. The summed E-state index contributed by atoms with van der Waals surface area (Å²) in [6, 6.07) is 4.70. The van der Waals surface area contributed by atoms with E-state index < -0.39 is 5.82 Å². The van der Waals surface area contributed by atoms with E-state index in [-0.39, 0.29) is 17.4 Å². The fraction of sp³-hybridized carbons (Fsp3) is 0.455. The maximum atomic E-state index is 14.2. The number of hydrogen-bond donors (Lipinski definition) is 0. The predicted octanol–water partition coefficient (Wildman–Crippen LogP) is 4.06. The van der Waals surface area contributed by atoms with Crippen molar-refractivity contribution in [1.29, 1.82) is 0 Å². The number of benzene rings is 1. The SMILES string of the molecule is Cc1cccc(F)c1C(=O)N1CCCN(C(=O)c2scc3c2CCCC3)CC1. The van der Waals surface area contributed by atoms with Crippen molar-refractivity contribution in [2.75, 3.05) is 26.2 Å². The zero-order valence-corrected chi connectivity index (χ0v) is 17.0. The van der Waals surface area contributed by atoms with E-state index in [9.17, 15) is 14.0 Å². The van der Waals surface area contributed by atoms with E-state index in [1.165, 1.54) is 23.6 Å². The Kier molecular flexibility index (Phi) is 5.49. The van der Waals surface area contributed by atoms with Crippen molar-refractivity contribution in [3.63, 3.8) is 0 Å². The summed E-state index contributed by atoms with van der Waals surface area (Å²) in [7, 11) is 0. The number of fused-ring (bicyclic) bond motifs is 1. The Morgan fingerprint density at radius 3 is 2.43 bits per heavy atom. The standard InChI is InChI=1S/C22H25FN2O2S/c1-15-6-4-9-18(23)19(15)21(26)24-10-5-11-25(13-12-24)22(27)20-17-8-3-2-7-16(17)14-28-20/h4,6,9,14H,2-3,5,7-8,10-13H2,1H3. The summed E-state index contributed by atoms with van der Waals surface area (Å²) >= 11 is 1.56. The molecule has 2 heterocycles. The van der Waals surface area contributed by atoms with Gasteiger partial charge >= 0.3 is 0 Å². The van der Waals surface area contributed by atoms with E-state index >= 15 is 0 Å². The lowest BCUT2D eigenvalue weighted by molar-refractivity contribution is 0.0717. The molecule has 1 aromatic carbocycles. The molecule has 1 fully saturated rings. The number of carbonyl (C=O) groups excluding carboxylic acids is 2. The van der Waals surface area contributed by atoms with Gasteiger partial charge < -0.3 is 9.80 Å². The number of thiophene rings is 1. The molecule has 0 bridgehead atoms. The lowest BCUT2D eigenvalue weighted by Crippen LogP contribution is -2.38. The molecule has 2 aromatic rings. The number of rotatable bonds is 2. The minimum atomic E-state index is -0.479. The monoisotopic (exact) mass is 400 g/mol. The highest BCUT2D eigenvalue weighted by molar-refractivity contribution is 7.12. The number of nitrogens with zero attached hydrogens (tertiary/aromatic N) is 2. The van der Waals surface area contributed by atoms with Crippen LogP contribution in [0.3, 0.4) is 0 Å². The van der Waals surface area contributed by atoms with Crippen LogP contribution in [0.1, 0.15) is 56.0 Å². The molecule has 1 aliphatic carbocycles. The number of hydrogen-bond acceptors (Lipinski definition) is 3. The van der Waals surface area contributed by atoms with E-state index in [1.54, 1.807) is 35.3 Å². The van der Waals surface area contributed by atoms with Gasteiger partial charge in [-0.25, -0.2) is 4.39 Å². The van der Waals surface area contributed by atoms with Crippen LogP contribution in [0, 0.1) is 12.7 Å². The van der Waals surface area contributed by atoms with Crippen molar-refractivity contribution in [3.8, 4) is 0 Å². The summed E-state index contributed by atoms with van der Waals surface area (Å²) in [4.78, 5) is 30.4. The van der Waals surface area contributed by atoms with Crippen LogP contribution in [-0.2, 0) is 12.8 Å². The minimum absolute atomic E-state index is 0.0875. The molecule has 0 saturated carbocycles. The summed E-state index contributed by atoms with van der Waals surface area (Å²) in [5.41, 5.74) is 3.36. The maximum Gasteiger partial charge on any atom is 0.264 e. The first-order valence-corrected chi connectivity index (χ1v) is 10.9. The van der Waals surface area contributed by atoms with Crippen molar-refractivity contribution in [2.24, 2.45) is 0 Å². The molecule has 148 valence electrons. The van der Waals surface area contributed by atoms with E-state index in [1.807, 2.05) is 4.90 Å². The smallest absolute Gasteiger partial charge is 0.264 e. The topological polar surface area (TPSA) is 40.6 Å². The second kappa shape index (κ2) is 8.03. The molecule has 2 aliphatic rings. The molecule has 2 amide bonds. The van der Waals surface area contributed by atoms with Gasteiger partial charge in [0.15, 0.2) is 0 Å². The molecule has 4 rings (SSSR count). The fourth-order valence-corrected chi connectivity index (χ4v) is 5.35. The van der Waals surface area contributed by atoms with E-state index in [2.05, 4.69) is 5.38 Å². The van der Waals surface area contributed by atoms with Gasteiger partial charge in [-0.15, -0.1) is 11.3 Å². The molecule has 0 radical (unpaired) electrons. The van der Waals surface area contributed by atoms with Crippen LogP contribution in [0.25, 0.3) is 0 Å². The third kappa shape index (κ3) is 3.58. The Hall–Kier alpha value is -2.21. The van der Waals surface area contributed by atoms with E-state index in [0.29, 0.717) is 38.2 Å². The van der Waals surface area contributed by atoms with Gasteiger partial charge in [0.25, 0.3) is 11.8 Å². The van der Waals surface area contributed by atoms with Crippen LogP contribution < -0.4 is 0 Å². The van der Waals surface area contributed by atoms with Crippen LogP contribution in [0.15, 0.2) is 23.6 Å². The third-order valence-electron chi connectivity index (χ3n) is 5.80. The normalized spacial score (nSPS) is 17.2. The fourth-order valence-electron chi connectivity index (χ4n) is 4.23. The van der Waals surface area contributed by atoms with Crippen molar-refractivity contribution >= 4 is 23.2 Å². The number of amides is 2. The van der Waals surface area contributed by atoms with Gasteiger partial charge in [-0.3, -0.25) is 9.59 Å². The third-order valence-corrected chi connectivity index (χ3v) is 6.86. The van der Waals surface area contributed by atoms with Crippen LogP contribution in [-0.4, -0.2) is 47.8 Å². The minimum Gasteiger partial charge on any atom is -0.337 e. The lowest BCUT2D eigenvalue weighted by Gasteiger charge is -2.23. The molecular formula is C22H25FN2O2S. The summed E-state index contributed by atoms with van der Waals surface area (Å²) in [5.74, 6) is -0.671. The molecule has 1 aromatic heterocycles. The molecule has 0 atom stereocenters. The van der Waals surface area contributed by atoms with Crippen LogP contribution >= 0.6 is 11.3 Å². The number of halogens is 1. The van der Waals surface area contributed by atoms with Crippen LogP contribution in [0.2, 0.25) is 0 Å². The van der Waals surface area contributed by atoms with Crippen LogP contribution in [0.4, 0.5) is 4.39 Å². The number of aryl methyl sites for hydroxylation is 2. The second-order valence-corrected chi connectivity index (χ2v) is 8.53. The Balaban J connectivity index is 1.47. The first-order chi connectivity index (χ1) is 13.6. The average molecular weight is 401 g/mol. The quantitative estimate of drug-likeness (QED) is 0.763. The zero-order valence-electron chi connectivity index (χ0n) is 16.2. The first-order valence-electron chi connectivity index (χ1n) is 9.99. The van der Waals surface area contributed by atoms with Crippen molar-refractivity contribution in [1.82, 2.24) is 9.80 Å². The zero-order chi connectivity index (χ0) is 19.7. The lowest BCUT2D eigenvalue weighted by atomic mass is 9.93. The summed E-state index contributed by atoms with van der Waals surface area (Å²) in [6.07, 6.45) is 5.12. The van der Waals surface area contributed by atoms with E-state index in [0.717, 1.165) is 24.1 Å².